The number of benzene rings is 1. The molecule has 3 nitrogen and oxygen atoms in total. The maximum atomic E-state index is 4.18. The lowest BCUT2D eigenvalue weighted by atomic mass is 10.2. The zero-order valence-corrected chi connectivity index (χ0v) is 11.4. The summed E-state index contributed by atoms with van der Waals surface area (Å²) in [5, 5.41) is 7.29. The molecule has 0 bridgehead atoms. The van der Waals surface area contributed by atoms with Crippen molar-refractivity contribution in [2.45, 2.75) is 13.8 Å². The normalized spacial score (nSPS) is 13.4. The minimum absolute atomic E-state index is 0.553. The molecule has 0 saturated carbocycles. The van der Waals surface area contributed by atoms with E-state index in [-0.39, 0.29) is 0 Å². The molecule has 3 rings (SSSR count). The molecular formula is C16H19N3. The van der Waals surface area contributed by atoms with E-state index in [0.29, 0.717) is 5.92 Å². The van der Waals surface area contributed by atoms with Crippen molar-refractivity contribution in [3.63, 3.8) is 0 Å². The standard InChI is InChI=1S/C9H7N.C7H12N2/c1-2-6-9-8(4-1)5-3-7-10-9;1-5(2)7-4-8-6(3)9-7/h1-7H;4-5,8-9H,3H2,1-2H3. The number of allylic oxidation sites excluding steroid dienone is 1. The molecule has 0 fully saturated rings. The van der Waals surface area contributed by atoms with Crippen molar-refractivity contribution < 1.29 is 0 Å². The SMILES string of the molecule is C=C1NC=C(C(C)C)N1.c1ccc2ncccc2c1. The Bertz CT molecular complexity index is 534. The van der Waals surface area contributed by atoms with Gasteiger partial charge in [0.2, 0.25) is 0 Å². The van der Waals surface area contributed by atoms with E-state index in [2.05, 4.69) is 48.2 Å². The van der Waals surface area contributed by atoms with Crippen LogP contribution in [0.25, 0.3) is 10.9 Å². The first-order chi connectivity index (χ1) is 9.16. The van der Waals surface area contributed by atoms with E-state index in [0.717, 1.165) is 11.3 Å². The number of nitrogens with one attached hydrogen (secondary N) is 2. The van der Waals surface area contributed by atoms with Gasteiger partial charge in [-0.05, 0) is 18.1 Å². The zero-order chi connectivity index (χ0) is 13.7. The minimum Gasteiger partial charge on any atom is -0.347 e. The molecular weight excluding hydrogens is 234 g/mol. The van der Waals surface area contributed by atoms with Crippen molar-refractivity contribution in [2.75, 3.05) is 0 Å². The lowest BCUT2D eigenvalue weighted by molar-refractivity contribution is 0.717. The average Bonchev–Trinajstić information content (AvgIpc) is 2.87. The summed E-state index contributed by atoms with van der Waals surface area (Å²) in [7, 11) is 0. The third kappa shape index (κ3) is 3.58. The van der Waals surface area contributed by atoms with Crippen LogP contribution in [0, 0.1) is 5.92 Å². The summed E-state index contributed by atoms with van der Waals surface area (Å²) in [6.07, 6.45) is 3.76. The van der Waals surface area contributed by atoms with Crippen molar-refractivity contribution in [2.24, 2.45) is 5.92 Å². The first-order valence-corrected chi connectivity index (χ1v) is 6.39. The van der Waals surface area contributed by atoms with Gasteiger partial charge in [0.05, 0.1) is 11.3 Å². The van der Waals surface area contributed by atoms with Crippen LogP contribution >= 0.6 is 0 Å². The van der Waals surface area contributed by atoms with Crippen LogP contribution in [0.5, 0.6) is 0 Å². The van der Waals surface area contributed by atoms with Crippen LogP contribution in [0.4, 0.5) is 0 Å². The fourth-order valence-electron chi connectivity index (χ4n) is 1.74. The van der Waals surface area contributed by atoms with E-state index in [1.54, 1.807) is 0 Å². The largest absolute Gasteiger partial charge is 0.347 e. The Balaban J connectivity index is 0.000000141. The molecule has 0 atom stereocenters. The van der Waals surface area contributed by atoms with E-state index >= 15 is 0 Å². The van der Waals surface area contributed by atoms with E-state index in [1.165, 1.54) is 11.1 Å². The molecule has 2 heterocycles. The highest BCUT2D eigenvalue weighted by Crippen LogP contribution is 2.09. The first kappa shape index (κ1) is 13.1. The average molecular weight is 253 g/mol. The molecule has 2 N–H and O–H groups in total. The Morgan fingerprint density at radius 1 is 1.11 bits per heavy atom. The van der Waals surface area contributed by atoms with Gasteiger partial charge < -0.3 is 10.6 Å². The summed E-state index contributed by atoms with van der Waals surface area (Å²) < 4.78 is 0. The summed E-state index contributed by atoms with van der Waals surface area (Å²) in [6.45, 7) is 7.99. The molecule has 0 spiro atoms. The van der Waals surface area contributed by atoms with Gasteiger partial charge in [-0.3, -0.25) is 4.98 Å². The molecule has 19 heavy (non-hydrogen) atoms. The Morgan fingerprint density at radius 2 is 1.84 bits per heavy atom. The monoisotopic (exact) mass is 253 g/mol. The highest BCUT2D eigenvalue weighted by atomic mass is 15.1. The molecule has 2 aromatic rings. The number of nitrogens with zero attached hydrogens (tertiary/aromatic N) is 1. The second-order valence-corrected chi connectivity index (χ2v) is 4.70. The van der Waals surface area contributed by atoms with Gasteiger partial charge >= 0.3 is 0 Å². The lowest BCUT2D eigenvalue weighted by Crippen LogP contribution is -2.12. The van der Waals surface area contributed by atoms with Crippen LogP contribution in [-0.4, -0.2) is 4.98 Å². The molecule has 1 aliphatic rings. The van der Waals surface area contributed by atoms with Gasteiger partial charge in [0.1, 0.15) is 0 Å². The molecule has 0 saturated heterocycles. The highest BCUT2D eigenvalue weighted by Gasteiger charge is 2.08. The lowest BCUT2D eigenvalue weighted by Gasteiger charge is -2.05. The number of hydrogen-bond donors (Lipinski definition) is 2. The molecule has 0 radical (unpaired) electrons. The molecule has 1 aromatic heterocycles. The molecule has 3 heteroatoms. The number of para-hydroxylation sites is 1. The maximum Gasteiger partial charge on any atom is 0.0995 e. The number of fused-ring (bicyclic) bond motifs is 1. The molecule has 1 aromatic carbocycles. The van der Waals surface area contributed by atoms with E-state index < -0.39 is 0 Å². The van der Waals surface area contributed by atoms with Crippen LogP contribution in [0.1, 0.15) is 13.8 Å². The van der Waals surface area contributed by atoms with Gasteiger partial charge in [0, 0.05) is 23.5 Å². The Hall–Kier alpha value is -2.29. The van der Waals surface area contributed by atoms with E-state index in [4.69, 9.17) is 0 Å². The fourth-order valence-corrected chi connectivity index (χ4v) is 1.74. The first-order valence-electron chi connectivity index (χ1n) is 6.39. The van der Waals surface area contributed by atoms with Gasteiger partial charge in [0.25, 0.3) is 0 Å². The second-order valence-electron chi connectivity index (χ2n) is 4.70. The van der Waals surface area contributed by atoms with Crippen molar-refractivity contribution >= 4 is 10.9 Å². The Labute approximate surface area is 114 Å². The van der Waals surface area contributed by atoms with Gasteiger partial charge in [-0.1, -0.05) is 44.7 Å². The maximum absolute atomic E-state index is 4.18. The summed E-state index contributed by atoms with van der Waals surface area (Å²) in [5.41, 5.74) is 2.27. The van der Waals surface area contributed by atoms with Crippen LogP contribution < -0.4 is 10.6 Å². The summed E-state index contributed by atoms with van der Waals surface area (Å²) >= 11 is 0. The Kier molecular flexibility index (Phi) is 4.18. The van der Waals surface area contributed by atoms with Crippen LogP contribution in [0.15, 0.2) is 66.9 Å². The summed E-state index contributed by atoms with van der Waals surface area (Å²) in [4.78, 5) is 4.18. The van der Waals surface area contributed by atoms with Gasteiger partial charge in [0.15, 0.2) is 0 Å². The quantitative estimate of drug-likeness (QED) is 0.818. The molecule has 0 amide bonds. The Morgan fingerprint density at radius 3 is 2.42 bits per heavy atom. The van der Waals surface area contributed by atoms with Gasteiger partial charge in [-0.2, -0.15) is 0 Å². The third-order valence-electron chi connectivity index (χ3n) is 2.83. The number of hydrogen-bond acceptors (Lipinski definition) is 3. The smallest absolute Gasteiger partial charge is 0.0995 e. The summed E-state index contributed by atoms with van der Waals surface area (Å²) in [5.74, 6) is 1.43. The second kappa shape index (κ2) is 6.05. The topological polar surface area (TPSA) is 37.0 Å². The van der Waals surface area contributed by atoms with E-state index in [1.807, 2.05) is 36.7 Å². The van der Waals surface area contributed by atoms with E-state index in [9.17, 15) is 0 Å². The third-order valence-corrected chi connectivity index (χ3v) is 2.83. The summed E-state index contributed by atoms with van der Waals surface area (Å²) in [6, 6.07) is 12.1. The van der Waals surface area contributed by atoms with Crippen molar-refractivity contribution in [1.82, 2.24) is 15.6 Å². The number of pyridine rings is 1. The highest BCUT2D eigenvalue weighted by molar-refractivity contribution is 5.77. The number of aromatic nitrogens is 1. The van der Waals surface area contributed by atoms with Gasteiger partial charge in [-0.25, -0.2) is 0 Å². The number of rotatable bonds is 1. The van der Waals surface area contributed by atoms with Crippen LogP contribution in [0.3, 0.4) is 0 Å². The minimum atomic E-state index is 0.553. The molecule has 1 aliphatic heterocycles. The fraction of sp³-hybridized carbons (Fsp3) is 0.188. The zero-order valence-electron chi connectivity index (χ0n) is 11.4. The van der Waals surface area contributed by atoms with Crippen LogP contribution in [-0.2, 0) is 0 Å². The van der Waals surface area contributed by atoms with Crippen molar-refractivity contribution in [1.29, 1.82) is 0 Å². The van der Waals surface area contributed by atoms with Crippen molar-refractivity contribution in [3.8, 4) is 0 Å². The predicted molar refractivity (Wildman–Crippen MR) is 80.1 cm³/mol. The van der Waals surface area contributed by atoms with Gasteiger partial charge in [-0.15, -0.1) is 0 Å². The van der Waals surface area contributed by atoms with Crippen molar-refractivity contribution in [3.05, 3.63) is 66.9 Å². The molecule has 0 unspecified atom stereocenters. The molecule has 0 aliphatic carbocycles. The molecule has 98 valence electrons. The predicted octanol–water partition coefficient (Wildman–Crippen LogP) is 3.38. The van der Waals surface area contributed by atoms with Crippen LogP contribution in [0.2, 0.25) is 0 Å².